The van der Waals surface area contributed by atoms with Crippen LogP contribution >= 0.6 is 0 Å². The van der Waals surface area contributed by atoms with E-state index in [0.29, 0.717) is 6.54 Å². The Morgan fingerprint density at radius 3 is 3.00 bits per heavy atom. The molecule has 0 aromatic carbocycles. The van der Waals surface area contributed by atoms with E-state index in [9.17, 15) is 4.79 Å². The molecule has 0 saturated carbocycles. The molecular weight excluding hydrogens is 204 g/mol. The summed E-state index contributed by atoms with van der Waals surface area (Å²) in [4.78, 5) is 20.7. The molecule has 5 heteroatoms. The smallest absolute Gasteiger partial charge is 0.226 e. The van der Waals surface area contributed by atoms with Crippen molar-refractivity contribution in [2.45, 2.75) is 20.4 Å². The maximum atomic E-state index is 11.9. The zero-order valence-corrected chi connectivity index (χ0v) is 10.2. The minimum Gasteiger partial charge on any atom is -0.347 e. The Morgan fingerprint density at radius 1 is 1.69 bits per heavy atom. The highest BCUT2D eigenvalue weighted by Gasteiger charge is 2.17. The van der Waals surface area contributed by atoms with Crippen LogP contribution in [0.15, 0.2) is 12.4 Å². The van der Waals surface area contributed by atoms with Crippen LogP contribution in [0.25, 0.3) is 0 Å². The number of aromatic nitrogens is 2. The van der Waals surface area contributed by atoms with Crippen molar-refractivity contribution >= 4 is 5.91 Å². The van der Waals surface area contributed by atoms with Crippen molar-refractivity contribution in [1.29, 1.82) is 0 Å². The molecule has 2 N–H and O–H groups in total. The summed E-state index contributed by atoms with van der Waals surface area (Å²) in [5, 5.41) is 3.17. The molecule has 1 aromatic heterocycles. The third-order valence-corrected chi connectivity index (χ3v) is 2.44. The summed E-state index contributed by atoms with van der Waals surface area (Å²) in [5.74, 6) is 0.948. The second-order valence-corrected chi connectivity index (χ2v) is 3.94. The first-order valence-corrected chi connectivity index (χ1v) is 5.59. The van der Waals surface area contributed by atoms with E-state index >= 15 is 0 Å². The van der Waals surface area contributed by atoms with Crippen molar-refractivity contribution in [3.05, 3.63) is 18.2 Å². The van der Waals surface area contributed by atoms with E-state index in [1.165, 1.54) is 0 Å². The predicted molar refractivity (Wildman–Crippen MR) is 62.8 cm³/mol. The fourth-order valence-corrected chi connectivity index (χ4v) is 1.51. The number of carbonyl (C=O) groups is 1. The van der Waals surface area contributed by atoms with Crippen molar-refractivity contribution in [3.63, 3.8) is 0 Å². The number of nitrogens with one attached hydrogen (secondary N) is 2. The Balaban J connectivity index is 2.41. The molecule has 1 rings (SSSR count). The molecule has 16 heavy (non-hydrogen) atoms. The fraction of sp³-hybridized carbons (Fsp3) is 0.636. The number of nitrogens with zero attached hydrogens (tertiary/aromatic N) is 2. The lowest BCUT2D eigenvalue weighted by Gasteiger charge is -2.20. The van der Waals surface area contributed by atoms with Crippen LogP contribution in [0.5, 0.6) is 0 Å². The maximum absolute atomic E-state index is 11.9. The molecule has 0 fully saturated rings. The second kappa shape index (κ2) is 6.27. The molecule has 1 atom stereocenters. The highest BCUT2D eigenvalue weighted by atomic mass is 16.2. The lowest BCUT2D eigenvalue weighted by atomic mass is 10.1. The first kappa shape index (κ1) is 12.7. The van der Waals surface area contributed by atoms with Crippen LogP contribution in [0, 0.1) is 5.92 Å². The van der Waals surface area contributed by atoms with Crippen molar-refractivity contribution in [2.24, 2.45) is 5.92 Å². The number of aromatic amines is 1. The van der Waals surface area contributed by atoms with Crippen LogP contribution in [0.2, 0.25) is 0 Å². The molecule has 0 aliphatic heterocycles. The summed E-state index contributed by atoms with van der Waals surface area (Å²) in [6.07, 6.45) is 3.45. The Labute approximate surface area is 96.3 Å². The zero-order chi connectivity index (χ0) is 12.0. The van der Waals surface area contributed by atoms with Crippen LogP contribution in [0.3, 0.4) is 0 Å². The molecular formula is C11H20N4O. The van der Waals surface area contributed by atoms with Crippen molar-refractivity contribution < 1.29 is 4.79 Å². The number of H-pyrrole nitrogens is 1. The molecule has 0 aliphatic carbocycles. The maximum Gasteiger partial charge on any atom is 0.226 e. The summed E-state index contributed by atoms with van der Waals surface area (Å²) < 4.78 is 0. The third-order valence-electron chi connectivity index (χ3n) is 2.44. The molecule has 5 nitrogen and oxygen atoms in total. The van der Waals surface area contributed by atoms with Gasteiger partial charge in [-0.25, -0.2) is 4.98 Å². The monoisotopic (exact) mass is 224 g/mol. The average molecular weight is 224 g/mol. The van der Waals surface area contributed by atoms with E-state index in [0.717, 1.165) is 18.9 Å². The third kappa shape index (κ3) is 3.66. The molecule has 90 valence electrons. The summed E-state index contributed by atoms with van der Waals surface area (Å²) in [6.45, 7) is 6.10. The van der Waals surface area contributed by atoms with Crippen molar-refractivity contribution in [1.82, 2.24) is 20.2 Å². The van der Waals surface area contributed by atoms with Gasteiger partial charge in [0.1, 0.15) is 5.82 Å². The number of hydrogen-bond donors (Lipinski definition) is 2. The number of hydrogen-bond acceptors (Lipinski definition) is 3. The van der Waals surface area contributed by atoms with E-state index in [2.05, 4.69) is 15.3 Å². The van der Waals surface area contributed by atoms with Crippen LogP contribution in [-0.4, -0.2) is 40.9 Å². The molecule has 0 spiro atoms. The summed E-state index contributed by atoms with van der Waals surface area (Å²) >= 11 is 0. The highest BCUT2D eigenvalue weighted by Crippen LogP contribution is 2.03. The van der Waals surface area contributed by atoms with Gasteiger partial charge < -0.3 is 15.2 Å². The minimum absolute atomic E-state index is 0.0000813. The highest BCUT2D eigenvalue weighted by molar-refractivity contribution is 5.78. The Bertz CT molecular complexity index is 310. The lowest BCUT2D eigenvalue weighted by molar-refractivity contribution is -0.134. The molecule has 0 aliphatic rings. The van der Waals surface area contributed by atoms with E-state index in [-0.39, 0.29) is 11.8 Å². The fourth-order valence-electron chi connectivity index (χ4n) is 1.51. The summed E-state index contributed by atoms with van der Waals surface area (Å²) in [7, 11) is 1.80. The van der Waals surface area contributed by atoms with E-state index in [1.54, 1.807) is 24.3 Å². The van der Waals surface area contributed by atoms with E-state index < -0.39 is 0 Å². The van der Waals surface area contributed by atoms with Crippen molar-refractivity contribution in [2.75, 3.05) is 20.1 Å². The van der Waals surface area contributed by atoms with Gasteiger partial charge in [0, 0.05) is 31.9 Å². The average Bonchev–Trinajstić information content (AvgIpc) is 2.77. The van der Waals surface area contributed by atoms with Crippen molar-refractivity contribution in [3.8, 4) is 0 Å². The largest absolute Gasteiger partial charge is 0.347 e. The number of imidazole rings is 1. The summed E-state index contributed by atoms with van der Waals surface area (Å²) in [6, 6.07) is 0. The van der Waals surface area contributed by atoms with Crippen LogP contribution in [0.1, 0.15) is 19.7 Å². The van der Waals surface area contributed by atoms with Gasteiger partial charge in [0.25, 0.3) is 0 Å². The molecule has 0 saturated heterocycles. The normalized spacial score (nSPS) is 12.4. The molecule has 1 unspecified atom stereocenters. The molecule has 0 radical (unpaired) electrons. The van der Waals surface area contributed by atoms with Gasteiger partial charge in [0.15, 0.2) is 0 Å². The number of rotatable bonds is 6. The summed E-state index contributed by atoms with van der Waals surface area (Å²) in [5.41, 5.74) is 0. The van der Waals surface area contributed by atoms with Gasteiger partial charge in [0.2, 0.25) is 5.91 Å². The van der Waals surface area contributed by atoms with Crippen LogP contribution in [-0.2, 0) is 11.3 Å². The van der Waals surface area contributed by atoms with Gasteiger partial charge in [-0.05, 0) is 6.54 Å². The van der Waals surface area contributed by atoms with Gasteiger partial charge in [-0.2, -0.15) is 0 Å². The Morgan fingerprint density at radius 2 is 2.44 bits per heavy atom. The van der Waals surface area contributed by atoms with Crippen LogP contribution < -0.4 is 5.32 Å². The topological polar surface area (TPSA) is 61.0 Å². The SMILES string of the molecule is CCNCC(C)C(=O)N(C)Cc1ncc[nH]1. The quantitative estimate of drug-likeness (QED) is 0.744. The first-order valence-electron chi connectivity index (χ1n) is 5.59. The second-order valence-electron chi connectivity index (χ2n) is 3.94. The zero-order valence-electron chi connectivity index (χ0n) is 10.2. The standard InChI is InChI=1S/C11H20N4O/c1-4-12-7-9(2)11(16)15(3)8-10-13-5-6-14-10/h5-6,9,12H,4,7-8H2,1-3H3,(H,13,14). The van der Waals surface area contributed by atoms with Crippen LogP contribution in [0.4, 0.5) is 0 Å². The molecule has 1 amide bonds. The van der Waals surface area contributed by atoms with E-state index in [1.807, 2.05) is 13.8 Å². The first-order chi connectivity index (χ1) is 7.65. The number of carbonyl (C=O) groups excluding carboxylic acids is 1. The molecule has 0 bridgehead atoms. The molecule has 1 aromatic rings. The lowest BCUT2D eigenvalue weighted by Crippen LogP contribution is -2.36. The predicted octanol–water partition coefficient (Wildman–Crippen LogP) is 0.614. The Kier molecular flexibility index (Phi) is 4.98. The van der Waals surface area contributed by atoms with Gasteiger partial charge in [-0.15, -0.1) is 0 Å². The van der Waals surface area contributed by atoms with Gasteiger partial charge in [0.05, 0.1) is 6.54 Å². The molecule has 1 heterocycles. The van der Waals surface area contributed by atoms with Gasteiger partial charge in [-0.1, -0.05) is 13.8 Å². The minimum atomic E-state index is -0.0000813. The number of amides is 1. The van der Waals surface area contributed by atoms with Gasteiger partial charge in [-0.3, -0.25) is 4.79 Å². The van der Waals surface area contributed by atoms with Gasteiger partial charge >= 0.3 is 0 Å². The van der Waals surface area contributed by atoms with E-state index in [4.69, 9.17) is 0 Å². The Hall–Kier alpha value is -1.36.